The maximum Gasteiger partial charge on any atom is 0.250 e. The van der Waals surface area contributed by atoms with Crippen LogP contribution in [0.3, 0.4) is 0 Å². The van der Waals surface area contributed by atoms with E-state index in [2.05, 4.69) is 25.4 Å². The summed E-state index contributed by atoms with van der Waals surface area (Å²) in [6, 6.07) is 9.22. The van der Waals surface area contributed by atoms with Crippen molar-refractivity contribution in [1.29, 1.82) is 0 Å². The third-order valence-electron chi connectivity index (χ3n) is 3.79. The summed E-state index contributed by atoms with van der Waals surface area (Å²) >= 11 is 7.32. The number of nitrogens with one attached hydrogen (secondary N) is 1. The molecule has 2 aromatic rings. The standard InChI is InChI=1S/C18H20ClN5O2S/c1-13-10-16(24-6-8-26-9-7-24)22-18(21-13)27-12-17(25)23-20-11-14-4-2-3-5-15(14)19/h2-5,10-11H,6-9,12H2,1H3,(H,23,25). The number of carbonyl (C=O) groups is 1. The number of carbonyl (C=O) groups excluding carboxylic acids is 1. The lowest BCUT2D eigenvalue weighted by Gasteiger charge is -2.28. The molecular weight excluding hydrogens is 386 g/mol. The number of hydrazone groups is 1. The monoisotopic (exact) mass is 405 g/mol. The molecule has 1 fully saturated rings. The second-order valence-electron chi connectivity index (χ2n) is 5.85. The van der Waals surface area contributed by atoms with E-state index in [1.807, 2.05) is 31.2 Å². The Hall–Kier alpha value is -2.16. The number of ether oxygens (including phenoxy) is 1. The Balaban J connectivity index is 1.54. The normalized spacial score (nSPS) is 14.5. The van der Waals surface area contributed by atoms with Crippen LogP contribution in [-0.4, -0.2) is 54.1 Å². The highest BCUT2D eigenvalue weighted by atomic mass is 35.5. The second-order valence-corrected chi connectivity index (χ2v) is 7.20. The maximum atomic E-state index is 12.0. The van der Waals surface area contributed by atoms with Crippen LogP contribution in [0.4, 0.5) is 5.82 Å². The summed E-state index contributed by atoms with van der Waals surface area (Å²) in [7, 11) is 0. The van der Waals surface area contributed by atoms with Crippen molar-refractivity contribution in [2.75, 3.05) is 37.0 Å². The van der Waals surface area contributed by atoms with Crippen LogP contribution in [0.1, 0.15) is 11.3 Å². The summed E-state index contributed by atoms with van der Waals surface area (Å²) in [5.74, 6) is 0.804. The van der Waals surface area contributed by atoms with Gasteiger partial charge in [0.1, 0.15) is 5.82 Å². The van der Waals surface area contributed by atoms with Crippen LogP contribution >= 0.6 is 23.4 Å². The quantitative estimate of drug-likeness (QED) is 0.344. The maximum absolute atomic E-state index is 12.0. The van der Waals surface area contributed by atoms with Gasteiger partial charge in [-0.15, -0.1) is 0 Å². The number of morpholine rings is 1. The first-order valence-corrected chi connectivity index (χ1v) is 9.86. The lowest BCUT2D eigenvalue weighted by molar-refractivity contribution is -0.118. The number of rotatable bonds is 6. The van der Waals surface area contributed by atoms with Crippen molar-refractivity contribution in [2.45, 2.75) is 12.1 Å². The van der Waals surface area contributed by atoms with Gasteiger partial charge < -0.3 is 9.64 Å². The molecule has 1 aliphatic rings. The van der Waals surface area contributed by atoms with E-state index < -0.39 is 0 Å². The van der Waals surface area contributed by atoms with Crippen molar-refractivity contribution >= 4 is 41.3 Å². The molecule has 1 amide bonds. The summed E-state index contributed by atoms with van der Waals surface area (Å²) in [5.41, 5.74) is 4.10. The number of amides is 1. The Kier molecular flexibility index (Phi) is 7.03. The number of halogens is 1. The lowest BCUT2D eigenvalue weighted by Crippen LogP contribution is -2.36. The van der Waals surface area contributed by atoms with Crippen molar-refractivity contribution in [3.05, 3.63) is 46.6 Å². The van der Waals surface area contributed by atoms with Gasteiger partial charge in [0.25, 0.3) is 5.91 Å². The molecule has 3 rings (SSSR count). The van der Waals surface area contributed by atoms with E-state index in [9.17, 15) is 4.79 Å². The van der Waals surface area contributed by atoms with E-state index in [0.29, 0.717) is 23.4 Å². The SMILES string of the molecule is Cc1cc(N2CCOCC2)nc(SCC(=O)NN=Cc2ccccc2Cl)n1. The molecule has 1 aromatic heterocycles. The molecule has 0 saturated carbocycles. The Morgan fingerprint density at radius 1 is 1.37 bits per heavy atom. The zero-order chi connectivity index (χ0) is 19.1. The van der Waals surface area contributed by atoms with Crippen molar-refractivity contribution in [3.8, 4) is 0 Å². The number of aryl methyl sites for hydroxylation is 1. The highest BCUT2D eigenvalue weighted by Crippen LogP contribution is 2.20. The first-order chi connectivity index (χ1) is 13.1. The molecule has 1 N–H and O–H groups in total. The van der Waals surface area contributed by atoms with Crippen LogP contribution in [0.15, 0.2) is 40.6 Å². The van der Waals surface area contributed by atoms with Gasteiger partial charge in [-0.3, -0.25) is 4.79 Å². The molecule has 0 radical (unpaired) electrons. The number of benzene rings is 1. The molecule has 0 atom stereocenters. The Morgan fingerprint density at radius 3 is 2.93 bits per heavy atom. The molecule has 142 valence electrons. The molecule has 1 saturated heterocycles. The van der Waals surface area contributed by atoms with Crippen LogP contribution < -0.4 is 10.3 Å². The molecule has 27 heavy (non-hydrogen) atoms. The fraction of sp³-hybridized carbons (Fsp3) is 0.333. The van der Waals surface area contributed by atoms with E-state index in [0.717, 1.165) is 30.2 Å². The minimum absolute atomic E-state index is 0.172. The number of anilines is 1. The van der Waals surface area contributed by atoms with Gasteiger partial charge in [0, 0.05) is 35.4 Å². The predicted octanol–water partition coefficient (Wildman–Crippen LogP) is 2.52. The predicted molar refractivity (Wildman–Crippen MR) is 108 cm³/mol. The Bertz CT molecular complexity index is 827. The fourth-order valence-corrected chi connectivity index (χ4v) is 3.34. The van der Waals surface area contributed by atoms with Crippen LogP contribution in [0.5, 0.6) is 0 Å². The van der Waals surface area contributed by atoms with E-state index >= 15 is 0 Å². The fourth-order valence-electron chi connectivity index (χ4n) is 2.46. The Labute approximate surface area is 167 Å². The average Bonchev–Trinajstić information content (AvgIpc) is 2.68. The third-order valence-corrected chi connectivity index (χ3v) is 4.98. The molecule has 2 heterocycles. The zero-order valence-corrected chi connectivity index (χ0v) is 16.5. The summed E-state index contributed by atoms with van der Waals surface area (Å²) in [6.07, 6.45) is 1.52. The Morgan fingerprint density at radius 2 is 2.15 bits per heavy atom. The van der Waals surface area contributed by atoms with Crippen molar-refractivity contribution in [2.24, 2.45) is 5.10 Å². The third kappa shape index (κ3) is 5.92. The number of thioether (sulfide) groups is 1. The van der Waals surface area contributed by atoms with Crippen LogP contribution in [0, 0.1) is 6.92 Å². The van der Waals surface area contributed by atoms with Gasteiger partial charge in [0.15, 0.2) is 5.16 Å². The molecule has 1 aromatic carbocycles. The second kappa shape index (κ2) is 9.68. The minimum atomic E-state index is -0.235. The first kappa shape index (κ1) is 19.6. The molecule has 7 nitrogen and oxygen atoms in total. The van der Waals surface area contributed by atoms with Crippen molar-refractivity contribution in [1.82, 2.24) is 15.4 Å². The topological polar surface area (TPSA) is 79.7 Å². The number of aromatic nitrogens is 2. The summed E-state index contributed by atoms with van der Waals surface area (Å²) in [4.78, 5) is 23.1. The number of nitrogens with zero attached hydrogens (tertiary/aromatic N) is 4. The highest BCUT2D eigenvalue weighted by Gasteiger charge is 2.14. The van der Waals surface area contributed by atoms with Crippen molar-refractivity contribution < 1.29 is 9.53 Å². The lowest BCUT2D eigenvalue weighted by atomic mass is 10.2. The molecule has 0 aliphatic carbocycles. The van der Waals surface area contributed by atoms with Gasteiger partial charge in [0.05, 0.1) is 25.2 Å². The van der Waals surface area contributed by atoms with E-state index in [1.54, 1.807) is 6.07 Å². The van der Waals surface area contributed by atoms with E-state index in [4.69, 9.17) is 16.3 Å². The molecule has 0 spiro atoms. The minimum Gasteiger partial charge on any atom is -0.378 e. The average molecular weight is 406 g/mol. The molecule has 0 bridgehead atoms. The van der Waals surface area contributed by atoms with E-state index in [1.165, 1.54) is 18.0 Å². The van der Waals surface area contributed by atoms with E-state index in [-0.39, 0.29) is 11.7 Å². The first-order valence-electron chi connectivity index (χ1n) is 8.49. The molecule has 9 heteroatoms. The summed E-state index contributed by atoms with van der Waals surface area (Å²) < 4.78 is 5.37. The smallest absolute Gasteiger partial charge is 0.250 e. The molecule has 1 aliphatic heterocycles. The van der Waals surface area contributed by atoms with Gasteiger partial charge in [0.2, 0.25) is 0 Å². The van der Waals surface area contributed by atoms with Gasteiger partial charge >= 0.3 is 0 Å². The van der Waals surface area contributed by atoms with Crippen LogP contribution in [0.25, 0.3) is 0 Å². The zero-order valence-electron chi connectivity index (χ0n) is 14.9. The summed E-state index contributed by atoms with van der Waals surface area (Å²) in [6.45, 7) is 4.91. The summed E-state index contributed by atoms with van der Waals surface area (Å²) in [5, 5.41) is 5.09. The largest absolute Gasteiger partial charge is 0.378 e. The number of hydrogen-bond donors (Lipinski definition) is 1. The van der Waals surface area contributed by atoms with Crippen LogP contribution in [-0.2, 0) is 9.53 Å². The van der Waals surface area contributed by atoms with Gasteiger partial charge in [-0.25, -0.2) is 15.4 Å². The van der Waals surface area contributed by atoms with Gasteiger partial charge in [-0.05, 0) is 13.0 Å². The highest BCUT2D eigenvalue weighted by molar-refractivity contribution is 7.99. The van der Waals surface area contributed by atoms with Crippen LogP contribution in [0.2, 0.25) is 5.02 Å². The molecular formula is C18H20ClN5O2S. The van der Waals surface area contributed by atoms with Gasteiger partial charge in [-0.2, -0.15) is 5.10 Å². The van der Waals surface area contributed by atoms with Crippen molar-refractivity contribution in [3.63, 3.8) is 0 Å². The molecule has 0 unspecified atom stereocenters. The number of hydrogen-bond acceptors (Lipinski definition) is 7. The van der Waals surface area contributed by atoms with Gasteiger partial charge in [-0.1, -0.05) is 41.6 Å².